The van der Waals surface area contributed by atoms with Crippen LogP contribution in [-0.2, 0) is 12.8 Å². The molecule has 6 heteroatoms. The summed E-state index contributed by atoms with van der Waals surface area (Å²) in [5.41, 5.74) is 10.4. The average Bonchev–Trinajstić information content (AvgIpc) is 2.72. The van der Waals surface area contributed by atoms with Crippen LogP contribution in [0.15, 0.2) is 48.5 Å². The number of nitrogens with one attached hydrogen (secondary N) is 2. The molecule has 0 atom stereocenters. The van der Waals surface area contributed by atoms with E-state index in [-0.39, 0.29) is 5.95 Å². The Morgan fingerprint density at radius 2 is 1.07 bits per heavy atom. The lowest BCUT2D eigenvalue weighted by molar-refractivity contribution is 0.795. The van der Waals surface area contributed by atoms with Gasteiger partial charge in [0.15, 0.2) is 0 Å². The van der Waals surface area contributed by atoms with Gasteiger partial charge in [-0.25, -0.2) is 0 Å². The molecule has 0 aliphatic rings. The van der Waals surface area contributed by atoms with Crippen molar-refractivity contribution in [3.8, 4) is 0 Å². The molecule has 0 bridgehead atoms. The van der Waals surface area contributed by atoms with Crippen LogP contribution < -0.4 is 16.4 Å². The van der Waals surface area contributed by atoms with Crippen LogP contribution in [0.3, 0.4) is 0 Å². The first kappa shape index (κ1) is 20.6. The van der Waals surface area contributed by atoms with Crippen molar-refractivity contribution in [3.05, 3.63) is 59.7 Å². The van der Waals surface area contributed by atoms with Crippen molar-refractivity contribution in [1.29, 1.82) is 0 Å². The number of nitrogen functional groups attached to an aromatic ring is 1. The molecule has 0 unspecified atom stereocenters. The first-order chi connectivity index (χ1) is 14.2. The maximum absolute atomic E-state index is 5.88. The second-order valence-corrected chi connectivity index (χ2v) is 7.19. The normalized spacial score (nSPS) is 10.7. The number of nitrogens with zero attached hydrogens (tertiary/aromatic N) is 3. The van der Waals surface area contributed by atoms with Crippen LogP contribution in [0.25, 0.3) is 0 Å². The summed E-state index contributed by atoms with van der Waals surface area (Å²) in [6.07, 6.45) is 6.99. The highest BCUT2D eigenvalue weighted by Gasteiger charge is 2.06. The van der Waals surface area contributed by atoms with E-state index in [9.17, 15) is 0 Å². The van der Waals surface area contributed by atoms with Gasteiger partial charge >= 0.3 is 0 Å². The quantitative estimate of drug-likeness (QED) is 0.416. The molecule has 1 heterocycles. The van der Waals surface area contributed by atoms with E-state index in [4.69, 9.17) is 5.73 Å². The first-order valence-corrected chi connectivity index (χ1v) is 10.4. The number of unbranched alkanes of at least 4 members (excludes halogenated alkanes) is 2. The zero-order valence-corrected chi connectivity index (χ0v) is 17.3. The minimum absolute atomic E-state index is 0.170. The Kier molecular flexibility index (Phi) is 7.39. The molecule has 6 nitrogen and oxygen atoms in total. The summed E-state index contributed by atoms with van der Waals surface area (Å²) < 4.78 is 0. The van der Waals surface area contributed by atoms with Crippen LogP contribution in [0.1, 0.15) is 50.7 Å². The van der Waals surface area contributed by atoms with Gasteiger partial charge < -0.3 is 16.4 Å². The fourth-order valence-corrected chi connectivity index (χ4v) is 3.03. The molecule has 1 aromatic heterocycles. The molecule has 0 saturated heterocycles. The highest BCUT2D eigenvalue weighted by atomic mass is 15.2. The summed E-state index contributed by atoms with van der Waals surface area (Å²) in [5.74, 6) is 1.01. The largest absolute Gasteiger partial charge is 0.368 e. The summed E-state index contributed by atoms with van der Waals surface area (Å²) in [6, 6.07) is 16.6. The van der Waals surface area contributed by atoms with Gasteiger partial charge in [-0.05, 0) is 61.1 Å². The molecule has 0 saturated carbocycles. The summed E-state index contributed by atoms with van der Waals surface area (Å²) in [4.78, 5) is 12.8. The number of hydrogen-bond donors (Lipinski definition) is 3. The minimum Gasteiger partial charge on any atom is -0.368 e. The van der Waals surface area contributed by atoms with E-state index in [1.54, 1.807) is 0 Å². The minimum atomic E-state index is 0.170. The van der Waals surface area contributed by atoms with Gasteiger partial charge in [-0.1, -0.05) is 51.0 Å². The summed E-state index contributed by atoms with van der Waals surface area (Å²) in [7, 11) is 0. The van der Waals surface area contributed by atoms with Gasteiger partial charge in [0.05, 0.1) is 0 Å². The first-order valence-electron chi connectivity index (χ1n) is 10.4. The maximum Gasteiger partial charge on any atom is 0.233 e. The van der Waals surface area contributed by atoms with E-state index < -0.39 is 0 Å². The molecule has 0 aliphatic carbocycles. The molecular formula is C23H30N6. The zero-order valence-electron chi connectivity index (χ0n) is 17.3. The predicted octanol–water partition coefficient (Wildman–Crippen LogP) is 5.63. The van der Waals surface area contributed by atoms with E-state index in [1.807, 2.05) is 24.3 Å². The van der Waals surface area contributed by atoms with Gasteiger partial charge in [0.25, 0.3) is 0 Å². The lowest BCUT2D eigenvalue weighted by Gasteiger charge is -2.10. The Morgan fingerprint density at radius 3 is 1.45 bits per heavy atom. The Morgan fingerprint density at radius 1 is 0.655 bits per heavy atom. The summed E-state index contributed by atoms with van der Waals surface area (Å²) in [6.45, 7) is 4.40. The number of nitrogens with two attached hydrogens (primary N) is 1. The van der Waals surface area contributed by atoms with Crippen LogP contribution in [0.2, 0.25) is 0 Å². The van der Waals surface area contributed by atoms with Crippen LogP contribution in [0, 0.1) is 0 Å². The molecular weight excluding hydrogens is 360 g/mol. The predicted molar refractivity (Wildman–Crippen MR) is 121 cm³/mol. The Labute approximate surface area is 173 Å². The van der Waals surface area contributed by atoms with Gasteiger partial charge in [-0.2, -0.15) is 15.0 Å². The third kappa shape index (κ3) is 6.45. The van der Waals surface area contributed by atoms with E-state index in [0.717, 1.165) is 24.2 Å². The number of benzene rings is 2. The fourth-order valence-electron chi connectivity index (χ4n) is 3.03. The van der Waals surface area contributed by atoms with Gasteiger partial charge in [-0.15, -0.1) is 0 Å². The zero-order chi connectivity index (χ0) is 20.5. The van der Waals surface area contributed by atoms with E-state index >= 15 is 0 Å². The molecule has 29 heavy (non-hydrogen) atoms. The molecule has 3 rings (SSSR count). The molecule has 0 radical (unpaired) electrons. The van der Waals surface area contributed by atoms with Crippen molar-refractivity contribution in [2.24, 2.45) is 0 Å². The number of aromatic nitrogens is 3. The fraction of sp³-hybridized carbons (Fsp3) is 0.348. The van der Waals surface area contributed by atoms with Gasteiger partial charge in [0, 0.05) is 11.4 Å². The average molecular weight is 391 g/mol. The van der Waals surface area contributed by atoms with Gasteiger partial charge in [-0.3, -0.25) is 0 Å². The smallest absolute Gasteiger partial charge is 0.233 e. The maximum atomic E-state index is 5.88. The van der Waals surface area contributed by atoms with Gasteiger partial charge in [0.1, 0.15) is 0 Å². The monoisotopic (exact) mass is 390 g/mol. The highest BCUT2D eigenvalue weighted by Crippen LogP contribution is 2.19. The third-order valence-corrected chi connectivity index (χ3v) is 4.71. The SMILES string of the molecule is CCCCc1ccc(Nc2nc(N)nc(Nc3ccc(CCCC)cc3)n2)cc1. The Bertz CT molecular complexity index is 818. The number of anilines is 5. The van der Waals surface area contributed by atoms with E-state index in [2.05, 4.69) is 63.7 Å². The lowest BCUT2D eigenvalue weighted by Crippen LogP contribution is -2.07. The molecule has 0 fully saturated rings. The molecule has 2 aromatic carbocycles. The summed E-state index contributed by atoms with van der Waals surface area (Å²) in [5, 5.41) is 6.41. The van der Waals surface area contributed by atoms with Crippen molar-refractivity contribution in [3.63, 3.8) is 0 Å². The van der Waals surface area contributed by atoms with Crippen molar-refractivity contribution >= 4 is 29.2 Å². The molecule has 4 N–H and O–H groups in total. The molecule has 152 valence electrons. The Balaban J connectivity index is 1.66. The molecule has 0 aliphatic heterocycles. The van der Waals surface area contributed by atoms with Crippen molar-refractivity contribution in [2.75, 3.05) is 16.4 Å². The van der Waals surface area contributed by atoms with Crippen molar-refractivity contribution < 1.29 is 0 Å². The van der Waals surface area contributed by atoms with Crippen LogP contribution in [0.5, 0.6) is 0 Å². The second-order valence-electron chi connectivity index (χ2n) is 7.19. The van der Waals surface area contributed by atoms with Crippen LogP contribution in [-0.4, -0.2) is 15.0 Å². The highest BCUT2D eigenvalue weighted by molar-refractivity contribution is 5.59. The number of hydrogen-bond acceptors (Lipinski definition) is 6. The molecule has 0 spiro atoms. The van der Waals surface area contributed by atoms with E-state index in [1.165, 1.54) is 36.8 Å². The van der Waals surface area contributed by atoms with Crippen LogP contribution in [0.4, 0.5) is 29.2 Å². The van der Waals surface area contributed by atoms with E-state index in [0.29, 0.717) is 11.9 Å². The van der Waals surface area contributed by atoms with Crippen LogP contribution >= 0.6 is 0 Å². The van der Waals surface area contributed by atoms with Crippen molar-refractivity contribution in [1.82, 2.24) is 15.0 Å². The lowest BCUT2D eigenvalue weighted by atomic mass is 10.1. The molecule has 0 amide bonds. The second kappa shape index (κ2) is 10.4. The topological polar surface area (TPSA) is 88.8 Å². The molecule has 3 aromatic rings. The van der Waals surface area contributed by atoms with Gasteiger partial charge in [0.2, 0.25) is 17.8 Å². The number of rotatable bonds is 10. The third-order valence-electron chi connectivity index (χ3n) is 4.71. The Hall–Kier alpha value is -3.15. The summed E-state index contributed by atoms with van der Waals surface area (Å²) >= 11 is 0. The number of aryl methyl sites for hydroxylation is 2. The standard InChI is InChI=1S/C23H30N6/c1-3-5-7-17-9-13-19(14-10-17)25-22-27-21(24)28-23(29-22)26-20-15-11-18(12-16-20)8-6-4-2/h9-16H,3-8H2,1-2H3,(H4,24,25,26,27,28,29). The van der Waals surface area contributed by atoms with Crippen molar-refractivity contribution in [2.45, 2.75) is 52.4 Å².